The smallest absolute Gasteiger partial charge is 0.231 e. The fourth-order valence-electron chi connectivity index (χ4n) is 4.43. The van der Waals surface area contributed by atoms with Crippen molar-refractivity contribution in [3.05, 3.63) is 59.8 Å². The van der Waals surface area contributed by atoms with Gasteiger partial charge in [-0.1, -0.05) is 30.3 Å². The molecule has 31 heavy (non-hydrogen) atoms. The molecule has 0 aliphatic carbocycles. The van der Waals surface area contributed by atoms with Crippen LogP contribution in [-0.4, -0.2) is 62.0 Å². The Morgan fingerprint density at radius 3 is 2.84 bits per heavy atom. The second kappa shape index (κ2) is 8.99. The fraction of sp³-hybridized carbons (Fsp3) is 0.375. The van der Waals surface area contributed by atoms with Crippen LogP contribution in [0.15, 0.2) is 48.7 Å². The lowest BCUT2D eigenvalue weighted by Crippen LogP contribution is -2.41. The van der Waals surface area contributed by atoms with Gasteiger partial charge in [-0.3, -0.25) is 9.69 Å². The molecule has 1 amide bonds. The number of ether oxygens (including phenoxy) is 3. The first-order chi connectivity index (χ1) is 15.3. The first-order valence-electron chi connectivity index (χ1n) is 10.8. The van der Waals surface area contributed by atoms with E-state index in [1.165, 1.54) is 0 Å². The zero-order valence-electron chi connectivity index (χ0n) is 17.4. The summed E-state index contributed by atoms with van der Waals surface area (Å²) in [6.07, 6.45) is 2.34. The van der Waals surface area contributed by atoms with Gasteiger partial charge in [0.1, 0.15) is 0 Å². The lowest BCUT2D eigenvalue weighted by atomic mass is 9.87. The van der Waals surface area contributed by atoms with Crippen molar-refractivity contribution in [2.45, 2.75) is 12.3 Å². The van der Waals surface area contributed by atoms with E-state index < -0.39 is 0 Å². The normalized spacial score (nSPS) is 17.0. The number of carbonyl (C=O) groups is 1. The van der Waals surface area contributed by atoms with E-state index in [0.29, 0.717) is 13.0 Å². The number of H-pyrrole nitrogens is 1. The highest BCUT2D eigenvalue weighted by atomic mass is 16.7. The molecular formula is C24H27N3O4. The van der Waals surface area contributed by atoms with Crippen LogP contribution in [0.3, 0.4) is 0 Å². The Kier molecular flexibility index (Phi) is 5.78. The van der Waals surface area contributed by atoms with E-state index in [1.807, 2.05) is 42.6 Å². The second-order valence-electron chi connectivity index (χ2n) is 7.93. The van der Waals surface area contributed by atoms with Crippen LogP contribution in [0.25, 0.3) is 10.9 Å². The number of fused-ring (bicyclic) bond motifs is 2. The maximum Gasteiger partial charge on any atom is 0.231 e. The van der Waals surface area contributed by atoms with Crippen LogP contribution < -0.4 is 14.8 Å². The van der Waals surface area contributed by atoms with E-state index in [1.54, 1.807) is 0 Å². The van der Waals surface area contributed by atoms with Crippen LogP contribution in [0.1, 0.15) is 23.5 Å². The molecule has 1 saturated heterocycles. The molecule has 0 radical (unpaired) electrons. The van der Waals surface area contributed by atoms with Crippen molar-refractivity contribution < 1.29 is 19.0 Å². The summed E-state index contributed by atoms with van der Waals surface area (Å²) in [4.78, 5) is 18.6. The largest absolute Gasteiger partial charge is 0.454 e. The van der Waals surface area contributed by atoms with Gasteiger partial charge in [0.25, 0.3) is 0 Å². The number of nitrogens with one attached hydrogen (secondary N) is 2. The quantitative estimate of drug-likeness (QED) is 0.614. The molecule has 0 unspecified atom stereocenters. The minimum atomic E-state index is -0.142. The average Bonchev–Trinajstić information content (AvgIpc) is 3.45. The zero-order valence-corrected chi connectivity index (χ0v) is 17.4. The standard InChI is InChI=1S/C24H27N3O4/c28-23(25-8-9-27-10-12-29-13-11-27)14-19(18-5-3-7-22-24(18)31-16-30-22)20-15-26-21-6-2-1-4-17(20)21/h1-7,15,19,26H,8-14,16H2,(H,25,28)/t19-/m1/s1. The number of para-hydroxylation sites is 2. The van der Waals surface area contributed by atoms with E-state index in [0.717, 1.165) is 66.4 Å². The topological polar surface area (TPSA) is 75.8 Å². The maximum absolute atomic E-state index is 13.0. The average molecular weight is 421 g/mol. The molecule has 5 rings (SSSR count). The Morgan fingerprint density at radius 2 is 1.94 bits per heavy atom. The Bertz CT molecular complexity index is 1060. The van der Waals surface area contributed by atoms with Crippen molar-refractivity contribution in [3.8, 4) is 11.5 Å². The van der Waals surface area contributed by atoms with Crippen LogP contribution in [0.5, 0.6) is 11.5 Å². The molecule has 1 aromatic heterocycles. The molecule has 3 aromatic rings. The van der Waals surface area contributed by atoms with E-state index in [-0.39, 0.29) is 18.6 Å². The van der Waals surface area contributed by atoms with Gasteiger partial charge in [-0.15, -0.1) is 0 Å². The molecule has 1 atom stereocenters. The third-order valence-corrected chi connectivity index (χ3v) is 6.04. The highest BCUT2D eigenvalue weighted by Gasteiger charge is 2.28. The lowest BCUT2D eigenvalue weighted by molar-refractivity contribution is -0.121. The summed E-state index contributed by atoms with van der Waals surface area (Å²) in [5, 5.41) is 4.22. The number of hydrogen-bond acceptors (Lipinski definition) is 5. The number of aromatic amines is 1. The molecule has 0 bridgehead atoms. The van der Waals surface area contributed by atoms with Gasteiger partial charge in [-0.2, -0.15) is 0 Å². The number of hydrogen-bond donors (Lipinski definition) is 2. The molecule has 2 aliphatic heterocycles. The number of morpholine rings is 1. The lowest BCUT2D eigenvalue weighted by Gasteiger charge is -2.26. The molecule has 1 fully saturated rings. The van der Waals surface area contributed by atoms with E-state index >= 15 is 0 Å². The first kappa shape index (κ1) is 19.9. The van der Waals surface area contributed by atoms with Gasteiger partial charge in [0.2, 0.25) is 12.7 Å². The maximum atomic E-state index is 13.0. The molecule has 162 valence electrons. The van der Waals surface area contributed by atoms with Gasteiger partial charge in [0.05, 0.1) is 13.2 Å². The van der Waals surface area contributed by atoms with Crippen molar-refractivity contribution in [1.29, 1.82) is 0 Å². The van der Waals surface area contributed by atoms with Crippen LogP contribution in [0.4, 0.5) is 0 Å². The van der Waals surface area contributed by atoms with Crippen molar-refractivity contribution >= 4 is 16.8 Å². The molecule has 0 saturated carbocycles. The predicted molar refractivity (Wildman–Crippen MR) is 118 cm³/mol. The monoisotopic (exact) mass is 421 g/mol. The number of nitrogens with zero attached hydrogens (tertiary/aromatic N) is 1. The summed E-state index contributed by atoms with van der Waals surface area (Å²) < 4.78 is 16.8. The summed E-state index contributed by atoms with van der Waals surface area (Å²) in [7, 11) is 0. The molecular weight excluding hydrogens is 394 g/mol. The van der Waals surface area contributed by atoms with Crippen molar-refractivity contribution in [2.75, 3.05) is 46.2 Å². The van der Waals surface area contributed by atoms with E-state index in [4.69, 9.17) is 14.2 Å². The summed E-state index contributed by atoms with van der Waals surface area (Å²) in [5.41, 5.74) is 3.12. The molecule has 2 aromatic carbocycles. The number of benzene rings is 2. The third-order valence-electron chi connectivity index (χ3n) is 6.04. The highest BCUT2D eigenvalue weighted by molar-refractivity contribution is 5.86. The zero-order chi connectivity index (χ0) is 21.0. The van der Waals surface area contributed by atoms with Gasteiger partial charge >= 0.3 is 0 Å². The van der Waals surface area contributed by atoms with Gasteiger partial charge in [-0.05, 0) is 17.7 Å². The number of rotatable bonds is 7. The summed E-state index contributed by atoms with van der Waals surface area (Å²) >= 11 is 0. The molecule has 7 nitrogen and oxygen atoms in total. The number of aromatic nitrogens is 1. The van der Waals surface area contributed by atoms with Gasteiger partial charge in [0, 0.05) is 61.2 Å². The first-order valence-corrected chi connectivity index (χ1v) is 10.8. The van der Waals surface area contributed by atoms with Crippen LogP contribution >= 0.6 is 0 Å². The Labute approximate surface area is 181 Å². The van der Waals surface area contributed by atoms with Crippen LogP contribution in [0, 0.1) is 0 Å². The second-order valence-corrected chi connectivity index (χ2v) is 7.93. The Balaban J connectivity index is 1.37. The van der Waals surface area contributed by atoms with Gasteiger partial charge < -0.3 is 24.5 Å². The summed E-state index contributed by atoms with van der Waals surface area (Å²) in [5.74, 6) is 1.35. The van der Waals surface area contributed by atoms with Crippen LogP contribution in [0.2, 0.25) is 0 Å². The predicted octanol–water partition coefficient (Wildman–Crippen LogP) is 2.87. The highest BCUT2D eigenvalue weighted by Crippen LogP contribution is 2.44. The van der Waals surface area contributed by atoms with E-state index in [2.05, 4.69) is 21.3 Å². The molecule has 0 spiro atoms. The van der Waals surface area contributed by atoms with Crippen LogP contribution in [-0.2, 0) is 9.53 Å². The summed E-state index contributed by atoms with van der Waals surface area (Å²) in [6.45, 7) is 5.04. The van der Waals surface area contributed by atoms with E-state index in [9.17, 15) is 4.79 Å². The SMILES string of the molecule is O=C(C[C@H](c1cccc2c1OCO2)c1c[nH]c2ccccc12)NCCN1CCOCC1. The number of amides is 1. The Hall–Kier alpha value is -3.03. The Morgan fingerprint density at radius 1 is 1.06 bits per heavy atom. The minimum Gasteiger partial charge on any atom is -0.454 e. The fourth-order valence-corrected chi connectivity index (χ4v) is 4.43. The molecule has 2 N–H and O–H groups in total. The molecule has 7 heteroatoms. The van der Waals surface area contributed by atoms with Gasteiger partial charge in [-0.25, -0.2) is 0 Å². The van der Waals surface area contributed by atoms with Crippen molar-refractivity contribution in [2.24, 2.45) is 0 Å². The van der Waals surface area contributed by atoms with Gasteiger partial charge in [0.15, 0.2) is 11.5 Å². The third kappa shape index (κ3) is 4.24. The summed E-state index contributed by atoms with van der Waals surface area (Å²) in [6, 6.07) is 14.1. The minimum absolute atomic E-state index is 0.0278. The number of carbonyl (C=O) groups excluding carboxylic acids is 1. The molecule has 3 heterocycles. The molecule has 2 aliphatic rings. The van der Waals surface area contributed by atoms with Crippen molar-refractivity contribution in [1.82, 2.24) is 15.2 Å². The van der Waals surface area contributed by atoms with Crippen molar-refractivity contribution in [3.63, 3.8) is 0 Å².